The van der Waals surface area contributed by atoms with Gasteiger partial charge in [0.2, 0.25) is 11.8 Å². The van der Waals surface area contributed by atoms with Crippen molar-refractivity contribution in [1.82, 2.24) is 19.7 Å². The lowest BCUT2D eigenvalue weighted by molar-refractivity contribution is -0.114. The van der Waals surface area contributed by atoms with Crippen molar-refractivity contribution in [3.8, 4) is 17.1 Å². The molecule has 11 heteroatoms. The van der Waals surface area contributed by atoms with E-state index in [-0.39, 0.29) is 23.3 Å². The Morgan fingerprint density at radius 3 is 2.72 bits per heavy atom. The Kier molecular flexibility index (Phi) is 6.37. The maximum absolute atomic E-state index is 12.5. The molecule has 2 heterocycles. The summed E-state index contributed by atoms with van der Waals surface area (Å²) in [7, 11) is 0. The van der Waals surface area contributed by atoms with E-state index in [1.54, 1.807) is 30.3 Å². The van der Waals surface area contributed by atoms with Crippen LogP contribution < -0.4 is 10.6 Å². The van der Waals surface area contributed by atoms with Crippen LogP contribution in [0.1, 0.15) is 13.8 Å². The molecule has 0 aliphatic carbocycles. The van der Waals surface area contributed by atoms with Crippen LogP contribution in [-0.2, 0) is 16.1 Å². The molecule has 4 aromatic rings. The number of nitrogens with zero attached hydrogens (tertiary/aromatic N) is 4. The molecule has 164 valence electrons. The highest BCUT2D eigenvalue weighted by molar-refractivity contribution is 7.99. The number of aromatic nitrogens is 4. The first-order valence-electron chi connectivity index (χ1n) is 9.77. The largest absolute Gasteiger partial charge is 0.507 e. The lowest BCUT2D eigenvalue weighted by Gasteiger charge is -2.08. The number of amides is 2. The molecule has 32 heavy (non-hydrogen) atoms. The van der Waals surface area contributed by atoms with Crippen LogP contribution >= 0.6 is 23.1 Å². The van der Waals surface area contributed by atoms with Crippen LogP contribution in [0.2, 0.25) is 0 Å². The van der Waals surface area contributed by atoms with E-state index < -0.39 is 0 Å². The number of thiazole rings is 1. The Balaban J connectivity index is 1.43. The van der Waals surface area contributed by atoms with Crippen molar-refractivity contribution in [2.45, 2.75) is 25.5 Å². The standard InChI is InChI=1S/C21H20N6O3S2/c1-3-27-19(14-6-4-5-7-16(14)29)25-26-21(27)31-11-18(30)24-20-23-15-9-8-13(22-12(2)28)10-17(15)32-20/h4-10,29H,3,11H2,1-2H3,(H,22,28)(H,23,24,30). The Labute approximate surface area is 191 Å². The van der Waals surface area contributed by atoms with Gasteiger partial charge in [-0.05, 0) is 37.3 Å². The van der Waals surface area contributed by atoms with E-state index in [2.05, 4.69) is 25.8 Å². The molecule has 2 aromatic heterocycles. The topological polar surface area (TPSA) is 122 Å². The van der Waals surface area contributed by atoms with Gasteiger partial charge in [0.25, 0.3) is 0 Å². The van der Waals surface area contributed by atoms with Crippen molar-refractivity contribution in [3.63, 3.8) is 0 Å². The zero-order valence-corrected chi connectivity index (χ0v) is 19.0. The quantitative estimate of drug-likeness (QED) is 0.351. The molecular weight excluding hydrogens is 448 g/mol. The molecule has 0 unspecified atom stereocenters. The first-order chi connectivity index (χ1) is 15.4. The molecule has 0 spiro atoms. The number of fused-ring (bicyclic) bond motifs is 1. The summed E-state index contributed by atoms with van der Waals surface area (Å²) in [6.45, 7) is 3.99. The molecule has 2 aromatic carbocycles. The molecule has 0 saturated heterocycles. The van der Waals surface area contributed by atoms with Gasteiger partial charge in [0.05, 0.1) is 21.5 Å². The van der Waals surface area contributed by atoms with Crippen molar-refractivity contribution in [3.05, 3.63) is 42.5 Å². The number of aromatic hydroxyl groups is 1. The molecule has 4 rings (SSSR count). The lowest BCUT2D eigenvalue weighted by Crippen LogP contribution is -2.14. The minimum absolute atomic E-state index is 0.126. The molecule has 0 radical (unpaired) electrons. The van der Waals surface area contributed by atoms with Crippen molar-refractivity contribution < 1.29 is 14.7 Å². The molecular formula is C21H20N6O3S2. The monoisotopic (exact) mass is 468 g/mol. The van der Waals surface area contributed by atoms with E-state index >= 15 is 0 Å². The number of hydrogen-bond acceptors (Lipinski definition) is 8. The van der Waals surface area contributed by atoms with E-state index in [4.69, 9.17) is 0 Å². The second-order valence-corrected chi connectivity index (χ2v) is 8.76. The number of carbonyl (C=O) groups excluding carboxylic acids is 2. The molecule has 0 fully saturated rings. The van der Waals surface area contributed by atoms with E-state index in [0.717, 1.165) is 10.2 Å². The summed E-state index contributed by atoms with van der Waals surface area (Å²) >= 11 is 2.60. The smallest absolute Gasteiger partial charge is 0.236 e. The van der Waals surface area contributed by atoms with Crippen LogP contribution in [0.25, 0.3) is 21.6 Å². The van der Waals surface area contributed by atoms with Gasteiger partial charge in [-0.15, -0.1) is 10.2 Å². The van der Waals surface area contributed by atoms with E-state index in [1.165, 1.54) is 30.0 Å². The Morgan fingerprint density at radius 2 is 1.97 bits per heavy atom. The molecule has 0 bridgehead atoms. The van der Waals surface area contributed by atoms with Gasteiger partial charge in [-0.25, -0.2) is 4.98 Å². The highest BCUT2D eigenvalue weighted by Crippen LogP contribution is 2.31. The third-order valence-electron chi connectivity index (χ3n) is 4.47. The van der Waals surface area contributed by atoms with Crippen LogP contribution in [0, 0.1) is 0 Å². The van der Waals surface area contributed by atoms with Gasteiger partial charge in [-0.2, -0.15) is 0 Å². The average Bonchev–Trinajstić information content (AvgIpc) is 3.34. The molecule has 0 aliphatic rings. The number of para-hydroxylation sites is 1. The van der Waals surface area contributed by atoms with Crippen molar-refractivity contribution >= 4 is 55.9 Å². The molecule has 0 aliphatic heterocycles. The summed E-state index contributed by atoms with van der Waals surface area (Å²) in [5.41, 5.74) is 2.01. The number of hydrogen-bond donors (Lipinski definition) is 3. The lowest BCUT2D eigenvalue weighted by atomic mass is 10.2. The Hall–Kier alpha value is -3.44. The van der Waals surface area contributed by atoms with Gasteiger partial charge in [0, 0.05) is 19.2 Å². The maximum atomic E-state index is 12.5. The number of anilines is 2. The Bertz CT molecular complexity index is 1300. The fourth-order valence-electron chi connectivity index (χ4n) is 3.09. The Morgan fingerprint density at radius 1 is 1.16 bits per heavy atom. The van der Waals surface area contributed by atoms with Crippen molar-refractivity contribution in [1.29, 1.82) is 0 Å². The summed E-state index contributed by atoms with van der Waals surface area (Å²) in [5.74, 6) is 0.443. The van der Waals surface area contributed by atoms with E-state index in [9.17, 15) is 14.7 Å². The number of phenolic OH excluding ortho intramolecular Hbond substituents is 1. The first-order valence-corrected chi connectivity index (χ1v) is 11.6. The zero-order chi connectivity index (χ0) is 22.7. The predicted octanol–water partition coefficient (Wildman–Crippen LogP) is 3.97. The van der Waals surface area contributed by atoms with Gasteiger partial charge in [0.1, 0.15) is 5.75 Å². The third kappa shape index (κ3) is 4.73. The maximum Gasteiger partial charge on any atom is 0.236 e. The number of rotatable bonds is 7. The van der Waals surface area contributed by atoms with Crippen molar-refractivity contribution in [2.75, 3.05) is 16.4 Å². The SMILES string of the molecule is CCn1c(SCC(=O)Nc2nc3ccc(NC(C)=O)cc3s2)nnc1-c1ccccc1O. The predicted molar refractivity (Wildman–Crippen MR) is 126 cm³/mol. The highest BCUT2D eigenvalue weighted by Gasteiger charge is 2.17. The van der Waals surface area contributed by atoms with Crippen molar-refractivity contribution in [2.24, 2.45) is 0 Å². The molecule has 0 atom stereocenters. The van der Waals surface area contributed by atoms with E-state index in [1.807, 2.05) is 23.6 Å². The summed E-state index contributed by atoms with van der Waals surface area (Å²) in [6.07, 6.45) is 0. The minimum Gasteiger partial charge on any atom is -0.507 e. The summed E-state index contributed by atoms with van der Waals surface area (Å²) in [4.78, 5) is 28.1. The summed E-state index contributed by atoms with van der Waals surface area (Å²) in [6, 6.07) is 12.3. The van der Waals surface area contributed by atoms with E-state index in [0.29, 0.717) is 33.9 Å². The van der Waals surface area contributed by atoms with Crippen LogP contribution in [0.3, 0.4) is 0 Å². The van der Waals surface area contributed by atoms with Gasteiger partial charge >= 0.3 is 0 Å². The number of phenols is 1. The minimum atomic E-state index is -0.217. The number of thioether (sulfide) groups is 1. The summed E-state index contributed by atoms with van der Waals surface area (Å²) < 4.78 is 2.71. The van der Waals surface area contributed by atoms with Gasteiger partial charge in [-0.3, -0.25) is 9.59 Å². The fourth-order valence-corrected chi connectivity index (χ4v) is 4.81. The van der Waals surface area contributed by atoms with Crippen LogP contribution in [0.15, 0.2) is 47.6 Å². The molecule has 2 amide bonds. The second kappa shape index (κ2) is 9.37. The van der Waals surface area contributed by atoms with Crippen LogP contribution in [0.4, 0.5) is 10.8 Å². The zero-order valence-electron chi connectivity index (χ0n) is 17.3. The number of carbonyl (C=O) groups is 2. The first kappa shape index (κ1) is 21.8. The van der Waals surface area contributed by atoms with Crippen LogP contribution in [-0.4, -0.2) is 42.4 Å². The summed E-state index contributed by atoms with van der Waals surface area (Å²) in [5, 5.41) is 25.1. The third-order valence-corrected chi connectivity index (χ3v) is 6.37. The van der Waals surface area contributed by atoms with Gasteiger partial charge in [0.15, 0.2) is 16.1 Å². The van der Waals surface area contributed by atoms with Gasteiger partial charge < -0.3 is 20.3 Å². The molecule has 3 N–H and O–H groups in total. The number of nitrogens with one attached hydrogen (secondary N) is 2. The molecule has 9 nitrogen and oxygen atoms in total. The van der Waals surface area contributed by atoms with Gasteiger partial charge in [-0.1, -0.05) is 35.2 Å². The average molecular weight is 469 g/mol. The molecule has 0 saturated carbocycles. The fraction of sp³-hybridized carbons (Fsp3) is 0.190. The highest BCUT2D eigenvalue weighted by atomic mass is 32.2. The second-order valence-electron chi connectivity index (χ2n) is 6.79. The number of benzene rings is 2. The van der Waals surface area contributed by atoms with Crippen LogP contribution in [0.5, 0.6) is 5.75 Å². The normalized spacial score (nSPS) is 10.9.